The van der Waals surface area contributed by atoms with E-state index in [-0.39, 0.29) is 6.04 Å². The van der Waals surface area contributed by atoms with Gasteiger partial charge in [-0.2, -0.15) is 0 Å². The van der Waals surface area contributed by atoms with E-state index < -0.39 is 0 Å². The number of nitrogens with zero attached hydrogens (tertiary/aromatic N) is 1. The number of halogens is 1. The van der Waals surface area contributed by atoms with Gasteiger partial charge in [0.05, 0.1) is 6.04 Å². The Kier molecular flexibility index (Phi) is 4.18. The molecule has 0 saturated heterocycles. The van der Waals surface area contributed by atoms with Crippen molar-refractivity contribution in [1.29, 1.82) is 0 Å². The minimum Gasteiger partial charge on any atom is -0.492 e. The molecule has 0 amide bonds. The first-order chi connectivity index (χ1) is 8.66. The summed E-state index contributed by atoms with van der Waals surface area (Å²) in [5.41, 5.74) is 8.21. The van der Waals surface area contributed by atoms with E-state index in [4.69, 9.17) is 22.1 Å². The summed E-state index contributed by atoms with van der Waals surface area (Å²) in [6.07, 6.45) is 3.54. The average Bonchev–Trinajstić information content (AvgIpc) is 2.38. The largest absolute Gasteiger partial charge is 0.492 e. The highest BCUT2D eigenvalue weighted by atomic mass is 35.5. The molecule has 0 fully saturated rings. The van der Waals surface area contributed by atoms with Crippen molar-refractivity contribution in [1.82, 2.24) is 4.98 Å². The van der Waals surface area contributed by atoms with Gasteiger partial charge in [-0.25, -0.2) is 0 Å². The second kappa shape index (κ2) is 5.85. The van der Waals surface area contributed by atoms with E-state index in [1.54, 1.807) is 24.5 Å². The minimum absolute atomic E-state index is 0.186. The SMILES string of the molecule is Cc1ccncc1C(N)COc1ccc(Cl)cc1. The van der Waals surface area contributed by atoms with Gasteiger partial charge in [0.2, 0.25) is 0 Å². The molecule has 2 rings (SSSR count). The molecule has 0 aliphatic heterocycles. The Labute approximate surface area is 112 Å². The van der Waals surface area contributed by atoms with Gasteiger partial charge in [0.1, 0.15) is 12.4 Å². The zero-order chi connectivity index (χ0) is 13.0. The quantitative estimate of drug-likeness (QED) is 0.921. The molecule has 4 heteroatoms. The monoisotopic (exact) mass is 262 g/mol. The van der Waals surface area contributed by atoms with Crippen molar-refractivity contribution in [3.8, 4) is 5.75 Å². The van der Waals surface area contributed by atoms with Crippen molar-refractivity contribution >= 4 is 11.6 Å². The van der Waals surface area contributed by atoms with Crippen molar-refractivity contribution < 1.29 is 4.74 Å². The number of rotatable bonds is 4. The van der Waals surface area contributed by atoms with E-state index in [1.165, 1.54) is 0 Å². The molecular weight excluding hydrogens is 248 g/mol. The highest BCUT2D eigenvalue weighted by molar-refractivity contribution is 6.30. The van der Waals surface area contributed by atoms with Crippen molar-refractivity contribution in [3.63, 3.8) is 0 Å². The van der Waals surface area contributed by atoms with Crippen molar-refractivity contribution in [3.05, 3.63) is 58.9 Å². The lowest BCUT2D eigenvalue weighted by atomic mass is 10.1. The van der Waals surface area contributed by atoms with Crippen LogP contribution in [0.2, 0.25) is 5.02 Å². The molecular formula is C14H15ClN2O. The molecule has 18 heavy (non-hydrogen) atoms. The van der Waals surface area contributed by atoms with Crippen LogP contribution in [0, 0.1) is 6.92 Å². The van der Waals surface area contributed by atoms with Crippen LogP contribution in [-0.4, -0.2) is 11.6 Å². The maximum Gasteiger partial charge on any atom is 0.119 e. The van der Waals surface area contributed by atoms with Gasteiger partial charge >= 0.3 is 0 Å². The number of ether oxygens (including phenoxy) is 1. The highest BCUT2D eigenvalue weighted by Gasteiger charge is 2.09. The first-order valence-corrected chi connectivity index (χ1v) is 6.09. The maximum atomic E-state index is 6.08. The molecule has 0 saturated carbocycles. The second-order valence-corrected chi connectivity index (χ2v) is 4.54. The van der Waals surface area contributed by atoms with Gasteiger partial charge in [-0.05, 0) is 48.4 Å². The molecule has 94 valence electrons. The van der Waals surface area contributed by atoms with Crippen molar-refractivity contribution in [2.45, 2.75) is 13.0 Å². The van der Waals surface area contributed by atoms with Crippen LogP contribution in [0.15, 0.2) is 42.7 Å². The van der Waals surface area contributed by atoms with E-state index in [1.807, 2.05) is 25.1 Å². The number of aromatic nitrogens is 1. The summed E-state index contributed by atoms with van der Waals surface area (Å²) in [7, 11) is 0. The number of nitrogens with two attached hydrogens (primary N) is 1. The maximum absolute atomic E-state index is 6.08. The smallest absolute Gasteiger partial charge is 0.119 e. The first kappa shape index (κ1) is 12.9. The predicted molar refractivity (Wildman–Crippen MR) is 72.8 cm³/mol. The number of pyridine rings is 1. The van der Waals surface area contributed by atoms with Crippen molar-refractivity contribution in [2.75, 3.05) is 6.61 Å². The van der Waals surface area contributed by atoms with Crippen LogP contribution in [-0.2, 0) is 0 Å². The molecule has 1 aromatic heterocycles. The van der Waals surface area contributed by atoms with Crippen LogP contribution >= 0.6 is 11.6 Å². The van der Waals surface area contributed by atoms with E-state index >= 15 is 0 Å². The van der Waals surface area contributed by atoms with Gasteiger partial charge in [0.25, 0.3) is 0 Å². The number of aryl methyl sites for hydroxylation is 1. The average molecular weight is 263 g/mol. The van der Waals surface area contributed by atoms with Gasteiger partial charge in [-0.3, -0.25) is 4.98 Å². The van der Waals surface area contributed by atoms with Gasteiger partial charge in [0, 0.05) is 17.4 Å². The summed E-state index contributed by atoms with van der Waals surface area (Å²) in [5, 5.41) is 0.690. The summed E-state index contributed by atoms with van der Waals surface area (Å²) in [6, 6.07) is 8.98. The zero-order valence-electron chi connectivity index (χ0n) is 10.1. The molecule has 1 atom stereocenters. The Morgan fingerprint density at radius 1 is 1.28 bits per heavy atom. The third-order valence-corrected chi connectivity index (χ3v) is 2.97. The van der Waals surface area contributed by atoms with Crippen LogP contribution in [0.3, 0.4) is 0 Å². The Hall–Kier alpha value is -1.58. The third-order valence-electron chi connectivity index (χ3n) is 2.72. The summed E-state index contributed by atoms with van der Waals surface area (Å²) >= 11 is 5.80. The highest BCUT2D eigenvalue weighted by Crippen LogP contribution is 2.18. The van der Waals surface area contributed by atoms with Crippen LogP contribution in [0.1, 0.15) is 17.2 Å². The van der Waals surface area contributed by atoms with E-state index in [2.05, 4.69) is 4.98 Å². The predicted octanol–water partition coefficient (Wildman–Crippen LogP) is 3.12. The van der Waals surface area contributed by atoms with Crippen LogP contribution in [0.25, 0.3) is 0 Å². The first-order valence-electron chi connectivity index (χ1n) is 5.71. The van der Waals surface area contributed by atoms with Crippen LogP contribution < -0.4 is 10.5 Å². The summed E-state index contributed by atoms with van der Waals surface area (Å²) in [6.45, 7) is 2.42. The van der Waals surface area contributed by atoms with E-state index in [0.29, 0.717) is 11.6 Å². The van der Waals surface area contributed by atoms with Gasteiger partial charge in [0.15, 0.2) is 0 Å². The summed E-state index contributed by atoms with van der Waals surface area (Å²) in [5.74, 6) is 0.761. The molecule has 1 heterocycles. The van der Waals surface area contributed by atoms with E-state index in [0.717, 1.165) is 16.9 Å². The fourth-order valence-corrected chi connectivity index (χ4v) is 1.80. The molecule has 1 aromatic carbocycles. The lowest BCUT2D eigenvalue weighted by molar-refractivity contribution is 0.290. The van der Waals surface area contributed by atoms with E-state index in [9.17, 15) is 0 Å². The fourth-order valence-electron chi connectivity index (χ4n) is 1.67. The zero-order valence-corrected chi connectivity index (χ0v) is 10.9. The van der Waals surface area contributed by atoms with Crippen LogP contribution in [0.4, 0.5) is 0 Å². The Morgan fingerprint density at radius 2 is 2.00 bits per heavy atom. The van der Waals surface area contributed by atoms with Gasteiger partial charge in [-0.1, -0.05) is 11.6 Å². The van der Waals surface area contributed by atoms with Crippen LogP contribution in [0.5, 0.6) is 5.75 Å². The molecule has 0 spiro atoms. The standard InChI is InChI=1S/C14H15ClN2O/c1-10-6-7-17-8-13(10)14(16)9-18-12-4-2-11(15)3-5-12/h2-8,14H,9,16H2,1H3. The Balaban J connectivity index is 1.98. The molecule has 0 bridgehead atoms. The molecule has 2 aromatic rings. The Bertz CT molecular complexity index is 513. The molecule has 1 unspecified atom stereocenters. The summed E-state index contributed by atoms with van der Waals surface area (Å²) < 4.78 is 5.62. The van der Waals surface area contributed by atoms with Crippen molar-refractivity contribution in [2.24, 2.45) is 5.73 Å². The normalized spacial score (nSPS) is 12.2. The molecule has 2 N–H and O–H groups in total. The fraction of sp³-hybridized carbons (Fsp3) is 0.214. The molecule has 3 nitrogen and oxygen atoms in total. The number of hydrogen-bond acceptors (Lipinski definition) is 3. The molecule has 0 radical (unpaired) electrons. The number of hydrogen-bond donors (Lipinski definition) is 1. The lowest BCUT2D eigenvalue weighted by Gasteiger charge is -2.15. The second-order valence-electron chi connectivity index (χ2n) is 4.10. The van der Waals surface area contributed by atoms with Gasteiger partial charge < -0.3 is 10.5 Å². The number of benzene rings is 1. The summed E-state index contributed by atoms with van der Waals surface area (Å²) in [4.78, 5) is 4.08. The lowest BCUT2D eigenvalue weighted by Crippen LogP contribution is -2.20. The molecule has 0 aliphatic carbocycles. The Morgan fingerprint density at radius 3 is 2.67 bits per heavy atom. The van der Waals surface area contributed by atoms with Gasteiger partial charge in [-0.15, -0.1) is 0 Å². The minimum atomic E-state index is -0.186. The molecule has 0 aliphatic rings. The topological polar surface area (TPSA) is 48.1 Å². The third kappa shape index (κ3) is 3.22.